The van der Waals surface area contributed by atoms with E-state index in [0.717, 1.165) is 6.07 Å². The highest BCUT2D eigenvalue weighted by Gasteiger charge is 2.35. The van der Waals surface area contributed by atoms with Crippen LogP contribution in [-0.2, 0) is 9.59 Å². The molecule has 0 aliphatic carbocycles. The van der Waals surface area contributed by atoms with E-state index >= 15 is 0 Å². The quantitative estimate of drug-likeness (QED) is 0.610. The maximum Gasteiger partial charge on any atom is 0.270 e. The predicted molar refractivity (Wildman–Crippen MR) is 95.6 cm³/mol. The Labute approximate surface area is 158 Å². The Morgan fingerprint density at radius 1 is 1.14 bits per heavy atom. The number of amides is 3. The van der Waals surface area contributed by atoms with E-state index in [1.165, 1.54) is 47.4 Å². The second-order valence-corrected chi connectivity index (χ2v) is 6.13. The minimum Gasteiger partial charge on any atom is -0.312 e. The van der Waals surface area contributed by atoms with Gasteiger partial charge in [0.05, 0.1) is 10.8 Å². The van der Waals surface area contributed by atoms with Gasteiger partial charge in [0, 0.05) is 36.3 Å². The van der Waals surface area contributed by atoms with E-state index in [0.29, 0.717) is 5.69 Å². The number of carbonyl (C=O) groups excluding carboxylic acids is 3. The summed E-state index contributed by atoms with van der Waals surface area (Å²) in [5.74, 6) is -2.73. The first-order chi connectivity index (χ1) is 13.3. The van der Waals surface area contributed by atoms with Crippen LogP contribution in [0.5, 0.6) is 0 Å². The van der Waals surface area contributed by atoms with Gasteiger partial charge in [0.25, 0.3) is 11.6 Å². The van der Waals surface area contributed by atoms with Crippen LogP contribution < -0.4 is 15.8 Å². The fourth-order valence-electron chi connectivity index (χ4n) is 2.81. The van der Waals surface area contributed by atoms with Gasteiger partial charge in [0.2, 0.25) is 11.8 Å². The van der Waals surface area contributed by atoms with Crippen LogP contribution in [0.15, 0.2) is 48.5 Å². The SMILES string of the molecule is O=C(NNC(=O)[C@H]1CC(=O)N(c2ccc(F)cc2)C1)c1cccc([N+](=O)[O-])c1. The molecule has 0 saturated carbocycles. The van der Waals surface area contributed by atoms with Gasteiger partial charge < -0.3 is 4.90 Å². The average Bonchev–Trinajstić information content (AvgIpc) is 3.08. The topological polar surface area (TPSA) is 122 Å². The molecule has 0 bridgehead atoms. The number of nitro benzene ring substituents is 1. The number of non-ortho nitro benzene ring substituents is 1. The number of hydrogen-bond donors (Lipinski definition) is 2. The van der Waals surface area contributed by atoms with E-state index < -0.39 is 28.5 Å². The molecule has 1 saturated heterocycles. The van der Waals surface area contributed by atoms with E-state index in [4.69, 9.17) is 0 Å². The van der Waals surface area contributed by atoms with Crippen LogP contribution >= 0.6 is 0 Å². The summed E-state index contributed by atoms with van der Waals surface area (Å²) in [4.78, 5) is 47.9. The van der Waals surface area contributed by atoms with Gasteiger partial charge in [-0.2, -0.15) is 0 Å². The number of hydrazine groups is 1. The maximum absolute atomic E-state index is 13.0. The van der Waals surface area contributed by atoms with Crippen molar-refractivity contribution in [3.8, 4) is 0 Å². The Morgan fingerprint density at radius 2 is 1.86 bits per heavy atom. The van der Waals surface area contributed by atoms with Crippen molar-refractivity contribution in [3.63, 3.8) is 0 Å². The Balaban J connectivity index is 1.59. The first-order valence-corrected chi connectivity index (χ1v) is 8.26. The standard InChI is InChI=1S/C18H15FN4O5/c19-13-4-6-14(7-5-13)22-10-12(9-16(22)24)18(26)21-20-17(25)11-2-1-3-15(8-11)23(27)28/h1-8,12H,9-10H2,(H,20,25)(H,21,26)/t12-/m0/s1. The van der Waals surface area contributed by atoms with E-state index in [1.807, 2.05) is 0 Å². The molecular weight excluding hydrogens is 371 g/mol. The van der Waals surface area contributed by atoms with E-state index in [9.17, 15) is 28.9 Å². The lowest BCUT2D eigenvalue weighted by Gasteiger charge is -2.16. The van der Waals surface area contributed by atoms with Crippen molar-refractivity contribution in [2.45, 2.75) is 6.42 Å². The van der Waals surface area contributed by atoms with Crippen LogP contribution in [0.1, 0.15) is 16.8 Å². The van der Waals surface area contributed by atoms with Gasteiger partial charge in [-0.1, -0.05) is 6.07 Å². The van der Waals surface area contributed by atoms with Gasteiger partial charge in [0.1, 0.15) is 5.82 Å². The average molecular weight is 386 g/mol. The fourth-order valence-corrected chi connectivity index (χ4v) is 2.81. The number of halogens is 1. The zero-order valence-electron chi connectivity index (χ0n) is 14.4. The third-order valence-corrected chi connectivity index (χ3v) is 4.25. The normalized spacial score (nSPS) is 16.0. The number of benzene rings is 2. The number of hydrogen-bond acceptors (Lipinski definition) is 5. The lowest BCUT2D eigenvalue weighted by atomic mass is 10.1. The van der Waals surface area contributed by atoms with Crippen molar-refractivity contribution in [2.75, 3.05) is 11.4 Å². The highest BCUT2D eigenvalue weighted by molar-refractivity contribution is 6.01. The Hall–Kier alpha value is -3.82. The van der Waals surface area contributed by atoms with E-state index in [1.54, 1.807) is 0 Å². The molecule has 0 aromatic heterocycles. The Morgan fingerprint density at radius 3 is 2.54 bits per heavy atom. The third-order valence-electron chi connectivity index (χ3n) is 4.25. The summed E-state index contributed by atoms with van der Waals surface area (Å²) in [6.45, 7) is 0.0863. The molecule has 1 fully saturated rings. The lowest BCUT2D eigenvalue weighted by Crippen LogP contribution is -2.45. The Bertz CT molecular complexity index is 947. The number of rotatable bonds is 4. The number of anilines is 1. The number of nitro groups is 1. The van der Waals surface area contributed by atoms with Crippen molar-refractivity contribution >= 4 is 29.1 Å². The molecule has 10 heteroatoms. The molecule has 3 rings (SSSR count). The highest BCUT2D eigenvalue weighted by Crippen LogP contribution is 2.25. The van der Waals surface area contributed by atoms with Crippen LogP contribution in [0.4, 0.5) is 15.8 Å². The van der Waals surface area contributed by atoms with Gasteiger partial charge >= 0.3 is 0 Å². The zero-order chi connectivity index (χ0) is 20.3. The van der Waals surface area contributed by atoms with Crippen molar-refractivity contribution < 1.29 is 23.7 Å². The molecule has 0 unspecified atom stereocenters. The van der Waals surface area contributed by atoms with Crippen LogP contribution in [-0.4, -0.2) is 29.2 Å². The highest BCUT2D eigenvalue weighted by atomic mass is 19.1. The molecule has 3 amide bonds. The van der Waals surface area contributed by atoms with Crippen LogP contribution in [0.25, 0.3) is 0 Å². The molecule has 1 atom stereocenters. The molecule has 1 heterocycles. The summed E-state index contributed by atoms with van der Waals surface area (Å²) in [6.07, 6.45) is -0.0596. The zero-order valence-corrected chi connectivity index (χ0v) is 14.4. The lowest BCUT2D eigenvalue weighted by molar-refractivity contribution is -0.384. The van der Waals surface area contributed by atoms with Gasteiger partial charge in [0.15, 0.2) is 0 Å². The largest absolute Gasteiger partial charge is 0.312 e. The summed E-state index contributed by atoms with van der Waals surface area (Å²) < 4.78 is 13.0. The molecule has 144 valence electrons. The van der Waals surface area contributed by atoms with Crippen LogP contribution in [0.3, 0.4) is 0 Å². The van der Waals surface area contributed by atoms with E-state index in [-0.39, 0.29) is 30.1 Å². The minimum absolute atomic E-state index is 0.00457. The van der Waals surface area contributed by atoms with Crippen molar-refractivity contribution in [3.05, 3.63) is 70.0 Å². The smallest absolute Gasteiger partial charge is 0.270 e. The fraction of sp³-hybridized carbons (Fsp3) is 0.167. The van der Waals surface area contributed by atoms with Gasteiger partial charge in [-0.05, 0) is 30.3 Å². The van der Waals surface area contributed by atoms with Crippen LogP contribution in [0.2, 0.25) is 0 Å². The molecule has 0 radical (unpaired) electrons. The molecule has 2 aromatic rings. The summed E-state index contributed by atoms with van der Waals surface area (Å²) in [5.41, 5.74) is 4.63. The monoisotopic (exact) mass is 386 g/mol. The molecular formula is C18H15FN4O5. The minimum atomic E-state index is -0.725. The van der Waals surface area contributed by atoms with Gasteiger partial charge in [-0.25, -0.2) is 4.39 Å². The number of carbonyl (C=O) groups is 3. The van der Waals surface area contributed by atoms with Gasteiger partial charge in [-0.3, -0.25) is 35.3 Å². The summed E-state index contributed by atoms with van der Waals surface area (Å²) in [5, 5.41) is 10.8. The predicted octanol–water partition coefficient (Wildman–Crippen LogP) is 1.55. The first-order valence-electron chi connectivity index (χ1n) is 8.26. The molecule has 28 heavy (non-hydrogen) atoms. The van der Waals surface area contributed by atoms with Gasteiger partial charge in [-0.15, -0.1) is 0 Å². The van der Waals surface area contributed by atoms with Crippen molar-refractivity contribution in [1.29, 1.82) is 0 Å². The molecule has 2 N–H and O–H groups in total. The Kier molecular flexibility index (Phi) is 5.30. The summed E-state index contributed by atoms with van der Waals surface area (Å²) in [7, 11) is 0. The molecule has 2 aromatic carbocycles. The molecule has 9 nitrogen and oxygen atoms in total. The third kappa shape index (κ3) is 4.11. The first kappa shape index (κ1) is 19.0. The molecule has 1 aliphatic rings. The second kappa shape index (κ2) is 7.82. The molecule has 0 spiro atoms. The van der Waals surface area contributed by atoms with Crippen LogP contribution in [0, 0.1) is 21.8 Å². The number of nitrogens with one attached hydrogen (secondary N) is 2. The van der Waals surface area contributed by atoms with Crippen molar-refractivity contribution in [2.24, 2.45) is 5.92 Å². The number of nitrogens with zero attached hydrogens (tertiary/aromatic N) is 2. The summed E-state index contributed by atoms with van der Waals surface area (Å²) in [6, 6.07) is 10.4. The van der Waals surface area contributed by atoms with Crippen molar-refractivity contribution in [1.82, 2.24) is 10.9 Å². The molecule has 1 aliphatic heterocycles. The maximum atomic E-state index is 13.0. The van der Waals surface area contributed by atoms with E-state index in [2.05, 4.69) is 10.9 Å². The second-order valence-electron chi connectivity index (χ2n) is 6.13. The summed E-state index contributed by atoms with van der Waals surface area (Å²) >= 11 is 0.